The van der Waals surface area contributed by atoms with Crippen LogP contribution in [-0.2, 0) is 0 Å². The summed E-state index contributed by atoms with van der Waals surface area (Å²) in [6.45, 7) is 3.81. The van der Waals surface area contributed by atoms with Crippen LogP contribution in [0.1, 0.15) is 23.1 Å². The number of ether oxygens (including phenoxy) is 1. The number of aryl methyl sites for hydroxylation is 1. The van der Waals surface area contributed by atoms with E-state index in [1.54, 1.807) is 17.5 Å². The maximum atomic E-state index is 12.6. The molecule has 0 aliphatic heterocycles. The lowest BCUT2D eigenvalue weighted by molar-refractivity contribution is -0.385. The first-order valence-electron chi connectivity index (χ1n) is 9.68. The predicted molar refractivity (Wildman–Crippen MR) is 127 cm³/mol. The fourth-order valence-electron chi connectivity index (χ4n) is 2.98. The van der Waals surface area contributed by atoms with E-state index in [0.717, 1.165) is 16.6 Å². The minimum absolute atomic E-state index is 0.0441. The van der Waals surface area contributed by atoms with Crippen molar-refractivity contribution in [3.8, 4) is 16.3 Å². The number of nitrogens with one attached hydrogen (secondary N) is 2. The Labute approximate surface area is 196 Å². The van der Waals surface area contributed by atoms with Crippen molar-refractivity contribution in [2.45, 2.75) is 13.8 Å². The second kappa shape index (κ2) is 9.26. The number of hydrogen-bond donors (Lipinski definition) is 2. The average Bonchev–Trinajstić information content (AvgIpc) is 3.36. The van der Waals surface area contributed by atoms with Crippen LogP contribution in [0.3, 0.4) is 0 Å². The van der Waals surface area contributed by atoms with Crippen molar-refractivity contribution in [1.29, 1.82) is 0 Å². The Bertz CT molecular complexity index is 1380. The molecule has 0 saturated carbocycles. The van der Waals surface area contributed by atoms with E-state index in [1.807, 2.05) is 25.1 Å². The zero-order valence-electron chi connectivity index (χ0n) is 17.4. The summed E-state index contributed by atoms with van der Waals surface area (Å²) < 4.78 is 6.90. The molecule has 13 heteroatoms. The van der Waals surface area contributed by atoms with Gasteiger partial charge in [0.15, 0.2) is 16.7 Å². The Hall–Kier alpha value is -3.97. The summed E-state index contributed by atoms with van der Waals surface area (Å²) in [6.07, 6.45) is 0. The SMILES string of the molecule is CCOc1ccc(C(=O)NC(=S)Nc2cccc(-c3nn4c(C)nnc4s3)c2)cc1[N+](=O)[O-]. The molecular formula is C20H17N7O4S2. The lowest BCUT2D eigenvalue weighted by atomic mass is 10.1. The summed E-state index contributed by atoms with van der Waals surface area (Å²) in [7, 11) is 0. The summed E-state index contributed by atoms with van der Waals surface area (Å²) in [5.41, 5.74) is 1.26. The molecule has 11 nitrogen and oxygen atoms in total. The van der Waals surface area contributed by atoms with E-state index < -0.39 is 10.8 Å². The van der Waals surface area contributed by atoms with Crippen LogP contribution in [0.15, 0.2) is 42.5 Å². The van der Waals surface area contributed by atoms with Crippen molar-refractivity contribution in [3.05, 3.63) is 64.0 Å². The highest BCUT2D eigenvalue weighted by atomic mass is 32.1. The number of carbonyl (C=O) groups is 1. The number of rotatable bonds is 6. The van der Waals surface area contributed by atoms with Gasteiger partial charge in [0.05, 0.1) is 11.5 Å². The second-order valence-corrected chi connectivity index (χ2v) is 8.07. The second-order valence-electron chi connectivity index (χ2n) is 6.71. The third kappa shape index (κ3) is 4.78. The van der Waals surface area contributed by atoms with Gasteiger partial charge in [-0.3, -0.25) is 20.2 Å². The third-order valence-electron chi connectivity index (χ3n) is 4.46. The molecule has 0 fully saturated rings. The van der Waals surface area contributed by atoms with Gasteiger partial charge < -0.3 is 10.1 Å². The Morgan fingerprint density at radius 1 is 1.27 bits per heavy atom. The van der Waals surface area contributed by atoms with E-state index in [2.05, 4.69) is 25.9 Å². The minimum Gasteiger partial charge on any atom is -0.487 e. The largest absolute Gasteiger partial charge is 0.487 e. The molecule has 168 valence electrons. The minimum atomic E-state index is -0.600. The molecule has 33 heavy (non-hydrogen) atoms. The number of amides is 1. The highest BCUT2D eigenvalue weighted by molar-refractivity contribution is 7.80. The first-order valence-corrected chi connectivity index (χ1v) is 10.9. The number of carbonyl (C=O) groups excluding carboxylic acids is 1. The third-order valence-corrected chi connectivity index (χ3v) is 5.61. The van der Waals surface area contributed by atoms with Gasteiger partial charge in [-0.15, -0.1) is 10.2 Å². The van der Waals surface area contributed by atoms with Crippen LogP contribution in [0.5, 0.6) is 5.75 Å². The predicted octanol–water partition coefficient (Wildman–Crippen LogP) is 3.59. The van der Waals surface area contributed by atoms with Crippen molar-refractivity contribution in [3.63, 3.8) is 0 Å². The molecule has 0 unspecified atom stereocenters. The molecule has 1 amide bonds. The van der Waals surface area contributed by atoms with Crippen molar-refractivity contribution in [1.82, 2.24) is 25.1 Å². The molecule has 0 atom stereocenters. The van der Waals surface area contributed by atoms with Gasteiger partial charge in [-0.2, -0.15) is 9.61 Å². The topological polar surface area (TPSA) is 137 Å². The van der Waals surface area contributed by atoms with Crippen LogP contribution in [0.4, 0.5) is 11.4 Å². The number of benzene rings is 2. The lowest BCUT2D eigenvalue weighted by Crippen LogP contribution is -2.34. The summed E-state index contributed by atoms with van der Waals surface area (Å²) >= 11 is 6.64. The monoisotopic (exact) mass is 483 g/mol. The Morgan fingerprint density at radius 2 is 2.09 bits per heavy atom. The normalized spacial score (nSPS) is 10.7. The molecule has 0 bridgehead atoms. The quantitative estimate of drug-likeness (QED) is 0.239. The summed E-state index contributed by atoms with van der Waals surface area (Å²) in [6, 6.07) is 11.3. The molecule has 2 aromatic heterocycles. The maximum absolute atomic E-state index is 12.6. The van der Waals surface area contributed by atoms with Gasteiger partial charge in [-0.25, -0.2) is 0 Å². The van der Waals surface area contributed by atoms with Crippen molar-refractivity contribution >= 4 is 50.9 Å². The molecule has 2 aromatic carbocycles. The van der Waals surface area contributed by atoms with E-state index in [1.165, 1.54) is 23.5 Å². The average molecular weight is 484 g/mol. The first kappa shape index (κ1) is 22.2. The van der Waals surface area contributed by atoms with Gasteiger partial charge in [-0.1, -0.05) is 23.5 Å². The fourth-order valence-corrected chi connectivity index (χ4v) is 4.07. The van der Waals surface area contributed by atoms with Gasteiger partial charge in [0.2, 0.25) is 4.96 Å². The van der Waals surface area contributed by atoms with Crippen molar-refractivity contribution < 1.29 is 14.5 Å². The molecule has 2 heterocycles. The van der Waals surface area contributed by atoms with Gasteiger partial charge >= 0.3 is 5.69 Å². The van der Waals surface area contributed by atoms with E-state index in [4.69, 9.17) is 17.0 Å². The van der Waals surface area contributed by atoms with E-state index >= 15 is 0 Å². The van der Waals surface area contributed by atoms with Crippen LogP contribution in [0.2, 0.25) is 0 Å². The number of aromatic nitrogens is 4. The summed E-state index contributed by atoms with van der Waals surface area (Å²) in [5.74, 6) is 0.205. The van der Waals surface area contributed by atoms with Crippen LogP contribution >= 0.6 is 23.6 Å². The first-order chi connectivity index (χ1) is 15.9. The van der Waals surface area contributed by atoms with Crippen LogP contribution in [0, 0.1) is 17.0 Å². The highest BCUT2D eigenvalue weighted by Gasteiger charge is 2.19. The van der Waals surface area contributed by atoms with Gasteiger partial charge in [0, 0.05) is 22.9 Å². The van der Waals surface area contributed by atoms with Crippen molar-refractivity contribution in [2.75, 3.05) is 11.9 Å². The maximum Gasteiger partial charge on any atom is 0.311 e. The molecule has 0 aliphatic rings. The van der Waals surface area contributed by atoms with E-state index in [-0.39, 0.29) is 28.7 Å². The van der Waals surface area contributed by atoms with Crippen LogP contribution in [-0.4, -0.2) is 42.4 Å². The molecular weight excluding hydrogens is 466 g/mol. The van der Waals surface area contributed by atoms with Crippen LogP contribution < -0.4 is 15.4 Å². The van der Waals surface area contributed by atoms with Gasteiger partial charge in [0.25, 0.3) is 5.91 Å². The molecule has 4 aromatic rings. The van der Waals surface area contributed by atoms with E-state index in [9.17, 15) is 14.9 Å². The summed E-state index contributed by atoms with van der Waals surface area (Å²) in [5, 5.41) is 30.1. The number of anilines is 1. The van der Waals surface area contributed by atoms with E-state index in [0.29, 0.717) is 16.5 Å². The highest BCUT2D eigenvalue weighted by Crippen LogP contribution is 2.29. The number of thiocarbonyl (C=S) groups is 1. The number of nitro groups is 1. The Balaban J connectivity index is 1.46. The van der Waals surface area contributed by atoms with Crippen molar-refractivity contribution in [2.24, 2.45) is 0 Å². The Morgan fingerprint density at radius 3 is 2.82 bits per heavy atom. The number of hydrogen-bond acceptors (Lipinski definition) is 9. The molecule has 0 aliphatic carbocycles. The fraction of sp³-hybridized carbons (Fsp3) is 0.150. The molecule has 0 saturated heterocycles. The number of nitro benzene ring substituents is 1. The van der Waals surface area contributed by atoms with Gasteiger partial charge in [0.1, 0.15) is 5.01 Å². The summed E-state index contributed by atoms with van der Waals surface area (Å²) in [4.78, 5) is 23.9. The Kier molecular flexibility index (Phi) is 6.24. The standard InChI is InChI=1S/C20H17N7O4S2/c1-3-31-16-8-7-12(10-15(16)27(29)30)17(28)22-19(32)21-14-6-4-5-13(9-14)18-25-26-11(2)23-24-20(26)33-18/h4-10H,3H2,1-2H3,(H2,21,22,28,32). The van der Waals surface area contributed by atoms with Crippen LogP contribution in [0.25, 0.3) is 15.5 Å². The zero-order chi connectivity index (χ0) is 23.5. The number of fused-ring (bicyclic) bond motifs is 1. The number of nitrogens with zero attached hydrogens (tertiary/aromatic N) is 5. The molecule has 0 spiro atoms. The molecule has 0 radical (unpaired) electrons. The van der Waals surface area contributed by atoms with Gasteiger partial charge in [-0.05, 0) is 50.3 Å². The smallest absolute Gasteiger partial charge is 0.311 e. The molecule has 4 rings (SSSR count). The lowest BCUT2D eigenvalue weighted by Gasteiger charge is -2.11. The molecule has 2 N–H and O–H groups in total. The zero-order valence-corrected chi connectivity index (χ0v) is 19.1.